The summed E-state index contributed by atoms with van der Waals surface area (Å²) in [6.07, 6.45) is 5.69. The van der Waals surface area contributed by atoms with Crippen LogP contribution in [0.1, 0.15) is 50.7 Å². The van der Waals surface area contributed by atoms with Gasteiger partial charge in [0.05, 0.1) is 13.2 Å². The van der Waals surface area contributed by atoms with Crippen molar-refractivity contribution in [3.8, 4) is 5.75 Å². The Morgan fingerprint density at radius 1 is 1.22 bits per heavy atom. The highest BCUT2D eigenvalue weighted by Crippen LogP contribution is 2.40. The third kappa shape index (κ3) is 2.86. The molecule has 2 rings (SSSR count). The van der Waals surface area contributed by atoms with E-state index in [0.717, 1.165) is 30.1 Å². The van der Waals surface area contributed by atoms with Crippen LogP contribution in [0.3, 0.4) is 0 Å². The monoisotopic (exact) mass is 248 g/mol. The largest absolute Gasteiger partial charge is 0.496 e. The summed E-state index contributed by atoms with van der Waals surface area (Å²) in [6.45, 7) is 2.27. The SMILES string of the molecule is CCC1CCC(C(O)c2ccccc2OC)CC1. The average molecular weight is 248 g/mol. The van der Waals surface area contributed by atoms with Crippen molar-refractivity contribution < 1.29 is 9.84 Å². The maximum Gasteiger partial charge on any atom is 0.124 e. The van der Waals surface area contributed by atoms with Crippen molar-refractivity contribution in [2.75, 3.05) is 7.11 Å². The molecule has 0 heterocycles. The minimum Gasteiger partial charge on any atom is -0.496 e. The molecule has 1 saturated carbocycles. The molecule has 0 amide bonds. The summed E-state index contributed by atoms with van der Waals surface area (Å²) >= 11 is 0. The summed E-state index contributed by atoms with van der Waals surface area (Å²) in [5, 5.41) is 10.5. The van der Waals surface area contributed by atoms with Gasteiger partial charge in [-0.1, -0.05) is 44.4 Å². The van der Waals surface area contributed by atoms with Crippen molar-refractivity contribution in [2.45, 2.75) is 45.1 Å². The lowest BCUT2D eigenvalue weighted by Gasteiger charge is -2.31. The summed E-state index contributed by atoms with van der Waals surface area (Å²) in [4.78, 5) is 0. The standard InChI is InChI=1S/C16H24O2/c1-3-12-8-10-13(11-9-12)16(17)14-6-4-5-7-15(14)18-2/h4-7,12-13,16-17H,3,8-11H2,1-2H3. The molecular formula is C16H24O2. The van der Waals surface area contributed by atoms with Gasteiger partial charge in [-0.3, -0.25) is 0 Å². The molecule has 2 heteroatoms. The molecule has 1 aromatic carbocycles. The van der Waals surface area contributed by atoms with Crippen LogP contribution in [0.2, 0.25) is 0 Å². The maximum absolute atomic E-state index is 10.5. The van der Waals surface area contributed by atoms with Gasteiger partial charge in [0.1, 0.15) is 5.75 Å². The second-order valence-corrected chi connectivity index (χ2v) is 5.38. The van der Waals surface area contributed by atoms with Gasteiger partial charge in [-0.25, -0.2) is 0 Å². The highest BCUT2D eigenvalue weighted by molar-refractivity contribution is 5.35. The molecule has 0 radical (unpaired) electrons. The Hall–Kier alpha value is -1.02. The fraction of sp³-hybridized carbons (Fsp3) is 0.625. The van der Waals surface area contributed by atoms with E-state index in [2.05, 4.69) is 6.92 Å². The number of hydrogen-bond acceptors (Lipinski definition) is 2. The Kier molecular flexibility index (Phi) is 4.65. The van der Waals surface area contributed by atoms with E-state index >= 15 is 0 Å². The third-order valence-corrected chi connectivity index (χ3v) is 4.37. The van der Waals surface area contributed by atoms with Crippen LogP contribution in [0.4, 0.5) is 0 Å². The first kappa shape index (κ1) is 13.4. The Labute approximate surface area is 110 Å². The molecule has 2 nitrogen and oxygen atoms in total. The van der Waals surface area contributed by atoms with Gasteiger partial charge in [0.15, 0.2) is 0 Å². The van der Waals surface area contributed by atoms with Gasteiger partial charge in [0, 0.05) is 5.56 Å². The predicted octanol–water partition coefficient (Wildman–Crippen LogP) is 3.95. The first-order valence-electron chi connectivity index (χ1n) is 7.07. The van der Waals surface area contributed by atoms with E-state index in [1.165, 1.54) is 19.3 Å². The first-order valence-corrected chi connectivity index (χ1v) is 7.07. The van der Waals surface area contributed by atoms with Gasteiger partial charge in [0.25, 0.3) is 0 Å². The lowest BCUT2D eigenvalue weighted by atomic mass is 9.77. The molecule has 0 aliphatic heterocycles. The fourth-order valence-corrected chi connectivity index (χ4v) is 3.08. The summed E-state index contributed by atoms with van der Waals surface area (Å²) in [6, 6.07) is 7.83. The second kappa shape index (κ2) is 6.24. The highest BCUT2D eigenvalue weighted by atomic mass is 16.5. The van der Waals surface area contributed by atoms with Gasteiger partial charge in [-0.15, -0.1) is 0 Å². The minimum absolute atomic E-state index is 0.376. The number of para-hydroxylation sites is 1. The lowest BCUT2D eigenvalue weighted by Crippen LogP contribution is -2.20. The molecule has 0 saturated heterocycles. The van der Waals surface area contributed by atoms with Gasteiger partial charge in [0.2, 0.25) is 0 Å². The summed E-state index contributed by atoms with van der Waals surface area (Å²) in [7, 11) is 1.67. The van der Waals surface area contributed by atoms with Crippen molar-refractivity contribution in [1.82, 2.24) is 0 Å². The summed E-state index contributed by atoms with van der Waals surface area (Å²) in [5.74, 6) is 2.07. The van der Waals surface area contributed by atoms with E-state index in [4.69, 9.17) is 4.74 Å². The molecule has 1 unspecified atom stereocenters. The van der Waals surface area contributed by atoms with Gasteiger partial charge in [-0.2, -0.15) is 0 Å². The zero-order chi connectivity index (χ0) is 13.0. The fourth-order valence-electron chi connectivity index (χ4n) is 3.08. The molecular weight excluding hydrogens is 224 g/mol. The van der Waals surface area contributed by atoms with E-state index in [1.807, 2.05) is 24.3 Å². The quantitative estimate of drug-likeness (QED) is 0.874. The van der Waals surface area contributed by atoms with Crippen molar-refractivity contribution in [1.29, 1.82) is 0 Å². The predicted molar refractivity (Wildman–Crippen MR) is 73.7 cm³/mol. The molecule has 1 aromatic rings. The number of aliphatic hydroxyl groups is 1. The van der Waals surface area contributed by atoms with Gasteiger partial charge >= 0.3 is 0 Å². The van der Waals surface area contributed by atoms with E-state index < -0.39 is 0 Å². The minimum atomic E-state index is -0.376. The Balaban J connectivity index is 2.05. The topological polar surface area (TPSA) is 29.5 Å². The number of methoxy groups -OCH3 is 1. The summed E-state index contributed by atoms with van der Waals surface area (Å²) in [5.41, 5.74) is 0.944. The van der Waals surface area contributed by atoms with Gasteiger partial charge in [-0.05, 0) is 30.7 Å². The molecule has 1 N–H and O–H groups in total. The van der Waals surface area contributed by atoms with Gasteiger partial charge < -0.3 is 9.84 Å². The van der Waals surface area contributed by atoms with Crippen LogP contribution in [0.25, 0.3) is 0 Å². The molecule has 18 heavy (non-hydrogen) atoms. The van der Waals surface area contributed by atoms with E-state index in [-0.39, 0.29) is 6.10 Å². The molecule has 1 atom stereocenters. The van der Waals surface area contributed by atoms with Crippen LogP contribution < -0.4 is 4.74 Å². The number of hydrogen-bond donors (Lipinski definition) is 1. The molecule has 1 fully saturated rings. The number of rotatable bonds is 4. The molecule has 0 spiro atoms. The van der Waals surface area contributed by atoms with Crippen LogP contribution in [0.15, 0.2) is 24.3 Å². The van der Waals surface area contributed by atoms with Crippen LogP contribution in [0.5, 0.6) is 5.75 Å². The van der Waals surface area contributed by atoms with Crippen LogP contribution in [-0.2, 0) is 0 Å². The molecule has 1 aliphatic rings. The van der Waals surface area contributed by atoms with E-state index in [1.54, 1.807) is 7.11 Å². The lowest BCUT2D eigenvalue weighted by molar-refractivity contribution is 0.0709. The van der Waals surface area contributed by atoms with Crippen molar-refractivity contribution >= 4 is 0 Å². The third-order valence-electron chi connectivity index (χ3n) is 4.37. The van der Waals surface area contributed by atoms with Crippen LogP contribution >= 0.6 is 0 Å². The smallest absolute Gasteiger partial charge is 0.124 e. The Morgan fingerprint density at radius 3 is 2.50 bits per heavy atom. The van der Waals surface area contributed by atoms with Crippen molar-refractivity contribution in [2.24, 2.45) is 11.8 Å². The second-order valence-electron chi connectivity index (χ2n) is 5.38. The Bertz CT molecular complexity index is 367. The highest BCUT2D eigenvalue weighted by Gasteiger charge is 2.28. The molecule has 100 valence electrons. The zero-order valence-electron chi connectivity index (χ0n) is 11.4. The van der Waals surface area contributed by atoms with Crippen molar-refractivity contribution in [3.63, 3.8) is 0 Å². The van der Waals surface area contributed by atoms with E-state index in [0.29, 0.717) is 5.92 Å². The van der Waals surface area contributed by atoms with E-state index in [9.17, 15) is 5.11 Å². The number of benzene rings is 1. The normalized spacial score (nSPS) is 25.7. The van der Waals surface area contributed by atoms with Crippen molar-refractivity contribution in [3.05, 3.63) is 29.8 Å². The average Bonchev–Trinajstić information content (AvgIpc) is 2.46. The first-order chi connectivity index (χ1) is 8.76. The Morgan fingerprint density at radius 2 is 1.89 bits per heavy atom. The number of ether oxygens (including phenoxy) is 1. The summed E-state index contributed by atoms with van der Waals surface area (Å²) < 4.78 is 5.34. The molecule has 0 bridgehead atoms. The maximum atomic E-state index is 10.5. The number of aliphatic hydroxyl groups excluding tert-OH is 1. The van der Waals surface area contributed by atoms with Crippen LogP contribution in [0, 0.1) is 11.8 Å². The molecule has 1 aliphatic carbocycles. The molecule has 0 aromatic heterocycles. The van der Waals surface area contributed by atoms with Crippen LogP contribution in [-0.4, -0.2) is 12.2 Å². The zero-order valence-corrected chi connectivity index (χ0v) is 11.4.